The number of rotatable bonds is 7. The Kier molecular flexibility index (Phi) is 6.80. The van der Waals surface area contributed by atoms with Crippen LogP contribution in [0, 0.1) is 0 Å². The number of thioether (sulfide) groups is 1. The van der Waals surface area contributed by atoms with Gasteiger partial charge in [-0.05, 0) is 25.5 Å². The van der Waals surface area contributed by atoms with Crippen LogP contribution in [0.3, 0.4) is 0 Å². The molecule has 0 saturated heterocycles. The Morgan fingerprint density at radius 2 is 2.05 bits per heavy atom. The quantitative estimate of drug-likeness (QED) is 0.756. The maximum atomic E-state index is 12.4. The fourth-order valence-electron chi connectivity index (χ4n) is 1.37. The minimum Gasteiger partial charge on any atom is -0.324 e. The number of hydrogen-bond donors (Lipinski definition) is 2. The zero-order valence-corrected chi connectivity index (χ0v) is 11.8. The van der Waals surface area contributed by atoms with Gasteiger partial charge in [0.05, 0.1) is 12.2 Å². The molecule has 0 aliphatic rings. The van der Waals surface area contributed by atoms with Crippen LogP contribution in [-0.4, -0.2) is 24.3 Å². The number of benzene rings is 1. The number of anilines is 1. The molecular formula is C13H18F2N2OS. The Labute approximate surface area is 116 Å². The Balaban J connectivity index is 2.58. The molecule has 19 heavy (non-hydrogen) atoms. The molecule has 0 heterocycles. The van der Waals surface area contributed by atoms with Crippen LogP contribution in [0.2, 0.25) is 0 Å². The van der Waals surface area contributed by atoms with E-state index >= 15 is 0 Å². The predicted molar refractivity (Wildman–Crippen MR) is 74.7 cm³/mol. The van der Waals surface area contributed by atoms with Crippen molar-refractivity contribution in [3.8, 4) is 0 Å². The third-order valence-electron chi connectivity index (χ3n) is 2.60. The summed E-state index contributed by atoms with van der Waals surface area (Å²) in [6, 6.07) is 6.79. The maximum absolute atomic E-state index is 12.4. The summed E-state index contributed by atoms with van der Waals surface area (Å²) in [6.45, 7) is 4.17. The zero-order valence-electron chi connectivity index (χ0n) is 11.0. The van der Waals surface area contributed by atoms with Gasteiger partial charge in [0.1, 0.15) is 0 Å². The number of hydrogen-bond acceptors (Lipinski definition) is 3. The molecule has 2 N–H and O–H groups in total. The molecule has 0 aliphatic carbocycles. The van der Waals surface area contributed by atoms with E-state index in [0.29, 0.717) is 22.3 Å². The fraction of sp³-hybridized carbons (Fsp3) is 0.462. The largest absolute Gasteiger partial charge is 0.324 e. The highest BCUT2D eigenvalue weighted by Gasteiger charge is 2.11. The summed E-state index contributed by atoms with van der Waals surface area (Å²) < 4.78 is 24.8. The number of carbonyl (C=O) groups is 1. The first-order valence-corrected chi connectivity index (χ1v) is 6.98. The van der Waals surface area contributed by atoms with Crippen molar-refractivity contribution in [3.63, 3.8) is 0 Å². The van der Waals surface area contributed by atoms with E-state index in [9.17, 15) is 13.6 Å². The highest BCUT2D eigenvalue weighted by molar-refractivity contribution is 7.99. The van der Waals surface area contributed by atoms with Crippen LogP contribution in [0.4, 0.5) is 14.5 Å². The second-order valence-corrected chi connectivity index (χ2v) is 5.14. The Morgan fingerprint density at radius 3 is 2.68 bits per heavy atom. The highest BCUT2D eigenvalue weighted by atomic mass is 32.2. The normalized spacial score (nSPS) is 12.5. The minimum atomic E-state index is -2.50. The van der Waals surface area contributed by atoms with Crippen LogP contribution >= 0.6 is 11.8 Å². The second-order valence-electron chi connectivity index (χ2n) is 4.11. The minimum absolute atomic E-state index is 0.169. The first kappa shape index (κ1) is 15.9. The van der Waals surface area contributed by atoms with Crippen molar-refractivity contribution in [1.29, 1.82) is 0 Å². The predicted octanol–water partition coefficient (Wildman–Crippen LogP) is 3.33. The Bertz CT molecular complexity index is 415. The van der Waals surface area contributed by atoms with Crippen molar-refractivity contribution in [1.82, 2.24) is 5.32 Å². The van der Waals surface area contributed by atoms with E-state index in [2.05, 4.69) is 10.6 Å². The summed E-state index contributed by atoms with van der Waals surface area (Å²) in [6.07, 6.45) is 0.922. The van der Waals surface area contributed by atoms with Crippen LogP contribution in [0.1, 0.15) is 20.3 Å². The van der Waals surface area contributed by atoms with Crippen molar-refractivity contribution in [2.45, 2.75) is 37.0 Å². The van der Waals surface area contributed by atoms with Crippen molar-refractivity contribution >= 4 is 23.4 Å². The van der Waals surface area contributed by atoms with Gasteiger partial charge in [-0.25, -0.2) is 0 Å². The summed E-state index contributed by atoms with van der Waals surface area (Å²) in [7, 11) is 0. The number of carbonyl (C=O) groups excluding carboxylic acids is 1. The topological polar surface area (TPSA) is 41.1 Å². The number of alkyl halides is 2. The molecule has 106 valence electrons. The number of halogens is 2. The first-order chi connectivity index (χ1) is 9.02. The molecule has 1 aromatic rings. The van der Waals surface area contributed by atoms with Gasteiger partial charge in [0.15, 0.2) is 0 Å². The third-order valence-corrected chi connectivity index (χ3v) is 3.39. The summed E-state index contributed by atoms with van der Waals surface area (Å²) in [5.74, 6) is -2.74. The van der Waals surface area contributed by atoms with Gasteiger partial charge in [0, 0.05) is 10.9 Å². The van der Waals surface area contributed by atoms with E-state index in [-0.39, 0.29) is 18.5 Å². The van der Waals surface area contributed by atoms with Crippen LogP contribution in [0.5, 0.6) is 0 Å². The van der Waals surface area contributed by atoms with Gasteiger partial charge in [0.25, 0.3) is 5.76 Å². The Morgan fingerprint density at radius 1 is 1.37 bits per heavy atom. The van der Waals surface area contributed by atoms with E-state index in [1.165, 1.54) is 0 Å². The third kappa shape index (κ3) is 6.02. The molecular weight excluding hydrogens is 270 g/mol. The van der Waals surface area contributed by atoms with Crippen LogP contribution in [-0.2, 0) is 4.79 Å². The lowest BCUT2D eigenvalue weighted by Gasteiger charge is -2.13. The fourth-order valence-corrected chi connectivity index (χ4v) is 1.97. The molecule has 1 rings (SSSR count). The van der Waals surface area contributed by atoms with Gasteiger partial charge in [-0.3, -0.25) is 4.79 Å². The number of para-hydroxylation sites is 1. The van der Waals surface area contributed by atoms with Gasteiger partial charge < -0.3 is 10.6 Å². The molecule has 0 radical (unpaired) electrons. The lowest BCUT2D eigenvalue weighted by atomic mass is 10.2. The molecule has 0 aromatic heterocycles. The summed E-state index contributed by atoms with van der Waals surface area (Å²) in [4.78, 5) is 12.1. The van der Waals surface area contributed by atoms with Gasteiger partial charge in [-0.1, -0.05) is 30.8 Å². The van der Waals surface area contributed by atoms with E-state index < -0.39 is 5.76 Å². The number of nitrogens with one attached hydrogen (secondary N) is 2. The maximum Gasteiger partial charge on any atom is 0.288 e. The summed E-state index contributed by atoms with van der Waals surface area (Å²) in [5, 5.41) is 5.69. The molecule has 0 bridgehead atoms. The molecule has 1 aromatic carbocycles. The van der Waals surface area contributed by atoms with Crippen molar-refractivity contribution in [3.05, 3.63) is 24.3 Å². The number of amides is 1. The summed E-state index contributed by atoms with van der Waals surface area (Å²) >= 11 is 0.427. The van der Waals surface area contributed by atoms with Crippen molar-refractivity contribution in [2.24, 2.45) is 0 Å². The summed E-state index contributed by atoms with van der Waals surface area (Å²) in [5.41, 5.74) is 0.420. The molecule has 6 heteroatoms. The standard InChI is InChI=1S/C13H18F2N2OS/c1-3-9(2)16-8-12(18)17-10-6-4-5-7-11(10)19-13(14)15/h4-7,9,13,16H,3,8H2,1-2H3,(H,17,18). The van der Waals surface area contributed by atoms with E-state index in [4.69, 9.17) is 0 Å². The van der Waals surface area contributed by atoms with E-state index in [1.54, 1.807) is 24.3 Å². The molecule has 0 fully saturated rings. The van der Waals surface area contributed by atoms with E-state index in [0.717, 1.165) is 6.42 Å². The van der Waals surface area contributed by atoms with Gasteiger partial charge >= 0.3 is 0 Å². The van der Waals surface area contributed by atoms with Gasteiger partial charge in [0.2, 0.25) is 5.91 Å². The van der Waals surface area contributed by atoms with Crippen molar-refractivity contribution in [2.75, 3.05) is 11.9 Å². The Hall–Kier alpha value is -1.14. The lowest BCUT2D eigenvalue weighted by molar-refractivity contribution is -0.115. The first-order valence-electron chi connectivity index (χ1n) is 6.10. The highest BCUT2D eigenvalue weighted by Crippen LogP contribution is 2.31. The van der Waals surface area contributed by atoms with Crippen LogP contribution in [0.15, 0.2) is 29.2 Å². The molecule has 0 saturated carbocycles. The lowest BCUT2D eigenvalue weighted by Crippen LogP contribution is -2.34. The second kappa shape index (κ2) is 8.12. The van der Waals surface area contributed by atoms with E-state index in [1.807, 2.05) is 13.8 Å². The smallest absolute Gasteiger partial charge is 0.288 e. The van der Waals surface area contributed by atoms with Gasteiger partial charge in [-0.15, -0.1) is 0 Å². The molecule has 1 atom stereocenters. The van der Waals surface area contributed by atoms with Gasteiger partial charge in [-0.2, -0.15) is 8.78 Å². The SMILES string of the molecule is CCC(C)NCC(=O)Nc1ccccc1SC(F)F. The molecule has 1 amide bonds. The monoisotopic (exact) mass is 288 g/mol. The van der Waals surface area contributed by atoms with Crippen LogP contribution in [0.25, 0.3) is 0 Å². The average molecular weight is 288 g/mol. The molecule has 0 aliphatic heterocycles. The zero-order chi connectivity index (χ0) is 14.3. The average Bonchev–Trinajstić information content (AvgIpc) is 2.37. The van der Waals surface area contributed by atoms with Crippen LogP contribution < -0.4 is 10.6 Å². The molecule has 0 spiro atoms. The molecule has 3 nitrogen and oxygen atoms in total. The van der Waals surface area contributed by atoms with Crippen molar-refractivity contribution < 1.29 is 13.6 Å². The molecule has 1 unspecified atom stereocenters.